The van der Waals surface area contributed by atoms with Crippen molar-refractivity contribution in [3.05, 3.63) is 81.8 Å². The van der Waals surface area contributed by atoms with E-state index in [4.69, 9.17) is 15.5 Å². The number of nitrogens with one attached hydrogen (secondary N) is 2. The molecule has 0 saturated heterocycles. The first kappa shape index (κ1) is 25.2. The third-order valence-electron chi connectivity index (χ3n) is 5.40. The van der Waals surface area contributed by atoms with Gasteiger partial charge in [0.1, 0.15) is 11.0 Å². The van der Waals surface area contributed by atoms with Gasteiger partial charge in [-0.05, 0) is 29.7 Å². The van der Waals surface area contributed by atoms with Gasteiger partial charge in [0.25, 0.3) is 0 Å². The van der Waals surface area contributed by atoms with Gasteiger partial charge < -0.3 is 21.1 Å². The third kappa shape index (κ3) is 7.05. The van der Waals surface area contributed by atoms with E-state index in [-0.39, 0.29) is 17.4 Å². The van der Waals surface area contributed by atoms with Crippen molar-refractivity contribution >= 4 is 29.0 Å². The van der Waals surface area contributed by atoms with Crippen molar-refractivity contribution in [2.24, 2.45) is 0 Å². The standard InChI is InChI=1S/C26H32N4O3S/c1-26(2,3)22-16-34-24(30-22)21(15-18-10-12-19(27)13-11-18)28-23(31)20(29-25(32)33-4)14-17-8-6-5-7-9-17/h5-13,16,20-21H,14-15,27H2,1-4H3,(H,28,31)(H,29,32). The van der Waals surface area contributed by atoms with E-state index in [1.165, 1.54) is 18.4 Å². The van der Waals surface area contributed by atoms with Crippen molar-refractivity contribution in [3.63, 3.8) is 0 Å². The van der Waals surface area contributed by atoms with E-state index in [1.54, 1.807) is 0 Å². The smallest absolute Gasteiger partial charge is 0.407 e. The Morgan fingerprint density at radius 1 is 1.00 bits per heavy atom. The van der Waals surface area contributed by atoms with Crippen LogP contribution in [-0.2, 0) is 27.8 Å². The number of anilines is 1. The predicted octanol–water partition coefficient (Wildman–Crippen LogP) is 4.39. The molecule has 0 bridgehead atoms. The lowest BCUT2D eigenvalue weighted by molar-refractivity contribution is -0.123. The monoisotopic (exact) mass is 480 g/mol. The molecule has 1 aromatic heterocycles. The van der Waals surface area contributed by atoms with E-state index in [0.717, 1.165) is 21.8 Å². The van der Waals surface area contributed by atoms with Gasteiger partial charge in [-0.1, -0.05) is 63.2 Å². The Morgan fingerprint density at radius 2 is 1.65 bits per heavy atom. The van der Waals surface area contributed by atoms with E-state index in [2.05, 4.69) is 31.4 Å². The number of hydrogen-bond donors (Lipinski definition) is 3. The van der Waals surface area contributed by atoms with Crippen LogP contribution in [0, 0.1) is 0 Å². The molecule has 0 fully saturated rings. The first-order chi connectivity index (χ1) is 16.2. The van der Waals surface area contributed by atoms with Crippen LogP contribution in [0.4, 0.5) is 10.5 Å². The number of amides is 2. The summed E-state index contributed by atoms with van der Waals surface area (Å²) in [5.74, 6) is -0.304. The SMILES string of the molecule is COC(=O)NC(Cc1ccccc1)C(=O)NC(Cc1ccc(N)cc1)c1nc(C(C)(C)C)cs1. The molecule has 3 rings (SSSR count). The van der Waals surface area contributed by atoms with Crippen molar-refractivity contribution in [3.8, 4) is 0 Å². The predicted molar refractivity (Wildman–Crippen MR) is 136 cm³/mol. The Hall–Kier alpha value is -3.39. The Bertz CT molecular complexity index is 1090. The molecule has 2 aromatic carbocycles. The summed E-state index contributed by atoms with van der Waals surface area (Å²) >= 11 is 1.52. The molecule has 0 aliphatic rings. The highest BCUT2D eigenvalue weighted by Crippen LogP contribution is 2.29. The quantitative estimate of drug-likeness (QED) is 0.415. The first-order valence-corrected chi connectivity index (χ1v) is 12.0. The zero-order chi connectivity index (χ0) is 24.7. The van der Waals surface area contributed by atoms with Crippen molar-refractivity contribution in [2.45, 2.75) is 51.1 Å². The number of ether oxygens (including phenoxy) is 1. The second-order valence-electron chi connectivity index (χ2n) is 9.21. The van der Waals surface area contributed by atoms with E-state index in [1.807, 2.05) is 60.0 Å². The van der Waals surface area contributed by atoms with Crippen molar-refractivity contribution in [1.29, 1.82) is 0 Å². The lowest BCUT2D eigenvalue weighted by atomic mass is 9.93. The summed E-state index contributed by atoms with van der Waals surface area (Å²) in [6.07, 6.45) is 0.219. The minimum atomic E-state index is -0.800. The Labute approximate surface area is 204 Å². The maximum Gasteiger partial charge on any atom is 0.407 e. The molecule has 0 aliphatic heterocycles. The second-order valence-corrected chi connectivity index (χ2v) is 10.1. The van der Waals surface area contributed by atoms with E-state index < -0.39 is 12.1 Å². The number of methoxy groups -OCH3 is 1. The van der Waals surface area contributed by atoms with Crippen molar-refractivity contribution < 1.29 is 14.3 Å². The first-order valence-electron chi connectivity index (χ1n) is 11.1. The third-order valence-corrected chi connectivity index (χ3v) is 6.36. The van der Waals surface area contributed by atoms with Crippen LogP contribution >= 0.6 is 11.3 Å². The highest BCUT2D eigenvalue weighted by molar-refractivity contribution is 7.09. The van der Waals surface area contributed by atoms with Crippen molar-refractivity contribution in [1.82, 2.24) is 15.6 Å². The molecule has 2 amide bonds. The molecule has 2 atom stereocenters. The number of nitrogens with zero attached hydrogens (tertiary/aromatic N) is 1. The molecule has 2 unspecified atom stereocenters. The number of nitrogen functional groups attached to an aromatic ring is 1. The molecule has 0 aliphatic carbocycles. The van der Waals surface area contributed by atoms with Gasteiger partial charge in [0.15, 0.2) is 0 Å². The molecule has 8 heteroatoms. The molecule has 0 radical (unpaired) electrons. The van der Waals surface area contributed by atoms with Gasteiger partial charge in [0.2, 0.25) is 5.91 Å². The van der Waals surface area contributed by atoms with Crippen LogP contribution < -0.4 is 16.4 Å². The number of aromatic nitrogens is 1. The van der Waals surface area contributed by atoms with Gasteiger partial charge in [-0.15, -0.1) is 11.3 Å². The van der Waals surface area contributed by atoms with Gasteiger partial charge in [0, 0.05) is 22.9 Å². The zero-order valence-electron chi connectivity index (χ0n) is 20.0. The summed E-state index contributed by atoms with van der Waals surface area (Å²) in [7, 11) is 1.28. The van der Waals surface area contributed by atoms with E-state index >= 15 is 0 Å². The molecular formula is C26H32N4O3S. The Kier molecular flexibility index (Phi) is 8.28. The summed E-state index contributed by atoms with van der Waals surface area (Å²) in [6.45, 7) is 6.32. The number of carbonyl (C=O) groups excluding carboxylic acids is 2. The lowest BCUT2D eigenvalue weighted by Gasteiger charge is -2.23. The normalized spacial score (nSPS) is 13.1. The van der Waals surface area contributed by atoms with Crippen LogP contribution in [-0.4, -0.2) is 30.1 Å². The average molecular weight is 481 g/mol. The second kappa shape index (κ2) is 11.2. The zero-order valence-corrected chi connectivity index (χ0v) is 20.8. The number of rotatable bonds is 8. The maximum atomic E-state index is 13.4. The molecule has 1 heterocycles. The van der Waals surface area contributed by atoms with Crippen LogP contribution in [0.1, 0.15) is 48.6 Å². The van der Waals surface area contributed by atoms with Gasteiger partial charge in [-0.2, -0.15) is 0 Å². The molecule has 3 aromatic rings. The molecule has 7 nitrogen and oxygen atoms in total. The molecule has 0 spiro atoms. The maximum absolute atomic E-state index is 13.4. The summed E-state index contributed by atoms with van der Waals surface area (Å²) in [5.41, 5.74) is 9.34. The summed E-state index contributed by atoms with van der Waals surface area (Å²) in [5, 5.41) is 8.63. The van der Waals surface area contributed by atoms with Crippen LogP contribution in [0.15, 0.2) is 60.0 Å². The van der Waals surface area contributed by atoms with Gasteiger partial charge in [0.05, 0.1) is 18.8 Å². The number of hydrogen-bond acceptors (Lipinski definition) is 6. The van der Waals surface area contributed by atoms with Crippen LogP contribution in [0.25, 0.3) is 0 Å². The number of carbonyl (C=O) groups is 2. The lowest BCUT2D eigenvalue weighted by Crippen LogP contribution is -2.49. The van der Waals surface area contributed by atoms with E-state index in [9.17, 15) is 9.59 Å². The average Bonchev–Trinajstić information content (AvgIpc) is 3.31. The Balaban J connectivity index is 1.87. The number of thiazole rings is 1. The topological polar surface area (TPSA) is 106 Å². The number of benzene rings is 2. The highest BCUT2D eigenvalue weighted by Gasteiger charge is 2.27. The van der Waals surface area contributed by atoms with Crippen LogP contribution in [0.3, 0.4) is 0 Å². The van der Waals surface area contributed by atoms with Crippen molar-refractivity contribution in [2.75, 3.05) is 12.8 Å². The summed E-state index contributed by atoms with van der Waals surface area (Å²) in [6, 6.07) is 15.9. The minimum absolute atomic E-state index is 0.104. The summed E-state index contributed by atoms with van der Waals surface area (Å²) < 4.78 is 4.75. The summed E-state index contributed by atoms with van der Waals surface area (Å²) in [4.78, 5) is 30.2. The number of nitrogens with two attached hydrogens (primary N) is 1. The molecule has 4 N–H and O–H groups in total. The molecule has 0 saturated carbocycles. The molecule has 34 heavy (non-hydrogen) atoms. The fourth-order valence-corrected chi connectivity index (χ4v) is 4.51. The van der Waals surface area contributed by atoms with Gasteiger partial charge >= 0.3 is 6.09 Å². The van der Waals surface area contributed by atoms with Gasteiger partial charge in [-0.25, -0.2) is 9.78 Å². The molecule has 180 valence electrons. The molecular weight excluding hydrogens is 448 g/mol. The van der Waals surface area contributed by atoms with Gasteiger partial charge in [-0.3, -0.25) is 4.79 Å². The minimum Gasteiger partial charge on any atom is -0.453 e. The van der Waals surface area contributed by atoms with E-state index in [0.29, 0.717) is 18.5 Å². The van der Waals surface area contributed by atoms with Crippen LogP contribution in [0.5, 0.6) is 0 Å². The highest BCUT2D eigenvalue weighted by atomic mass is 32.1. The fraction of sp³-hybridized carbons (Fsp3) is 0.346. The van der Waals surface area contributed by atoms with Crippen LogP contribution in [0.2, 0.25) is 0 Å². The fourth-order valence-electron chi connectivity index (χ4n) is 3.41. The largest absolute Gasteiger partial charge is 0.453 e. The Morgan fingerprint density at radius 3 is 2.24 bits per heavy atom. The number of alkyl carbamates (subject to hydrolysis) is 1.